The molecule has 0 bridgehead atoms. The van der Waals surface area contributed by atoms with Crippen molar-refractivity contribution in [1.82, 2.24) is 24.1 Å². The van der Waals surface area contributed by atoms with E-state index < -0.39 is 31.2 Å². The summed E-state index contributed by atoms with van der Waals surface area (Å²) in [5.41, 5.74) is 7.45. The van der Waals surface area contributed by atoms with Crippen molar-refractivity contribution in [3.05, 3.63) is 107 Å². The lowest BCUT2D eigenvalue weighted by Crippen LogP contribution is -2.18. The van der Waals surface area contributed by atoms with E-state index >= 15 is 0 Å². The number of carboxylic acids is 1. The van der Waals surface area contributed by atoms with Gasteiger partial charge in [0.2, 0.25) is 0 Å². The molecule has 0 radical (unpaired) electrons. The Labute approximate surface area is 345 Å². The third-order valence-corrected chi connectivity index (χ3v) is 9.03. The molecule has 1 amide bonds. The Morgan fingerprint density at radius 3 is 1.48 bits per heavy atom. The predicted octanol–water partition coefficient (Wildman–Crippen LogP) is 7.09. The number of carbonyl (C=O) groups is 2. The molecule has 4 aromatic heterocycles. The van der Waals surface area contributed by atoms with Crippen LogP contribution in [0, 0.1) is 37.5 Å². The summed E-state index contributed by atoms with van der Waals surface area (Å²) in [6, 6.07) is 13.3. The predicted molar refractivity (Wildman–Crippen MR) is 217 cm³/mol. The zero-order valence-electron chi connectivity index (χ0n) is 32.9. The van der Waals surface area contributed by atoms with Gasteiger partial charge in [0.15, 0.2) is 11.3 Å². The van der Waals surface area contributed by atoms with E-state index in [1.54, 1.807) is 84.0 Å². The van der Waals surface area contributed by atoms with E-state index in [1.165, 1.54) is 6.07 Å². The second-order valence-electron chi connectivity index (χ2n) is 13.4. The van der Waals surface area contributed by atoms with Crippen molar-refractivity contribution < 1.29 is 51.3 Å². The number of nitrogens with zero attached hydrogens (tertiary/aromatic N) is 4. The smallest absolute Gasteiger partial charge is 0.390 e. The van der Waals surface area contributed by atoms with E-state index in [9.17, 15) is 41.0 Å². The summed E-state index contributed by atoms with van der Waals surface area (Å²) in [4.78, 5) is 31.9. The molecule has 0 aliphatic rings. The van der Waals surface area contributed by atoms with Crippen molar-refractivity contribution in [3.63, 3.8) is 0 Å². The van der Waals surface area contributed by atoms with Gasteiger partial charge in [-0.2, -0.15) is 26.3 Å². The molecule has 12 nitrogen and oxygen atoms in total. The van der Waals surface area contributed by atoms with Gasteiger partial charge in [0.1, 0.15) is 13.2 Å². The lowest BCUT2D eigenvalue weighted by atomic mass is 10.0. The Kier molecular flexibility index (Phi) is 14.3. The third kappa shape index (κ3) is 11.6. The molecule has 318 valence electrons. The number of aromatic carboxylic acids is 1. The minimum Gasteiger partial charge on any atom is -0.478 e. The van der Waals surface area contributed by atoms with Gasteiger partial charge in [0.05, 0.1) is 53.6 Å². The molecule has 0 atom stereocenters. The number of fused-ring (bicyclic) bond motifs is 2. The van der Waals surface area contributed by atoms with Gasteiger partial charge in [-0.05, 0) is 61.4 Å². The van der Waals surface area contributed by atoms with Crippen LogP contribution in [0.4, 0.5) is 37.7 Å². The van der Waals surface area contributed by atoms with Gasteiger partial charge in [0.25, 0.3) is 5.91 Å². The van der Waals surface area contributed by atoms with Crippen molar-refractivity contribution in [2.75, 3.05) is 44.0 Å². The van der Waals surface area contributed by atoms with E-state index in [1.807, 2.05) is 13.0 Å². The third-order valence-electron chi connectivity index (χ3n) is 9.03. The maximum Gasteiger partial charge on any atom is 0.390 e. The molecule has 0 spiro atoms. The number of carbonyl (C=O) groups excluding carboxylic acids is 1. The van der Waals surface area contributed by atoms with Crippen molar-refractivity contribution in [2.45, 2.75) is 39.0 Å². The van der Waals surface area contributed by atoms with E-state index in [0.29, 0.717) is 61.9 Å². The van der Waals surface area contributed by atoms with Crippen LogP contribution in [0.1, 0.15) is 55.8 Å². The highest BCUT2D eigenvalue weighted by atomic mass is 19.4. The quantitative estimate of drug-likeness (QED) is 0.0624. The number of hydrogen-bond donors (Lipinski definition) is 6. The fraction of sp³-hybridized carbons (Fsp3) is 0.256. The number of aryl methyl sites for hydroxylation is 2. The molecule has 0 aliphatic heterocycles. The molecule has 18 heteroatoms. The zero-order valence-corrected chi connectivity index (χ0v) is 32.9. The van der Waals surface area contributed by atoms with Gasteiger partial charge in [-0.3, -0.25) is 13.6 Å². The first-order valence-corrected chi connectivity index (χ1v) is 18.4. The Morgan fingerprint density at radius 1 is 0.689 bits per heavy atom. The van der Waals surface area contributed by atoms with Crippen molar-refractivity contribution in [3.8, 4) is 46.2 Å². The molecule has 6 rings (SSSR count). The molecule has 2 aromatic carbocycles. The lowest BCUT2D eigenvalue weighted by molar-refractivity contribution is -0.132. The van der Waals surface area contributed by atoms with Gasteiger partial charge in [-0.15, -0.1) is 0 Å². The number of aromatic nitrogens is 4. The largest absolute Gasteiger partial charge is 0.478 e. The number of rotatable bonds is 10. The van der Waals surface area contributed by atoms with Crippen LogP contribution in [-0.4, -0.2) is 91.7 Å². The van der Waals surface area contributed by atoms with Crippen molar-refractivity contribution in [1.29, 1.82) is 0 Å². The Bertz CT molecular complexity index is 2700. The fourth-order valence-corrected chi connectivity index (χ4v) is 6.23. The first-order chi connectivity index (χ1) is 28.9. The van der Waals surface area contributed by atoms with Crippen LogP contribution >= 0.6 is 0 Å². The number of anilines is 2. The number of benzene rings is 2. The monoisotopic (exact) mass is 847 g/mol. The summed E-state index contributed by atoms with van der Waals surface area (Å²) in [7, 11) is 1.56. The molecule has 0 aliphatic carbocycles. The maximum atomic E-state index is 12.6. The molecule has 0 saturated heterocycles. The number of aliphatic hydroxyl groups excluding tert-OH is 2. The lowest BCUT2D eigenvalue weighted by Gasteiger charge is -2.12. The number of halogens is 6. The topological polar surface area (TPSA) is 166 Å². The number of alkyl halides is 6. The molecule has 6 aromatic rings. The van der Waals surface area contributed by atoms with Gasteiger partial charge in [-0.25, -0.2) is 14.8 Å². The number of carboxylic acid groups (broad SMARTS) is 1. The Morgan fingerprint density at radius 2 is 1.11 bits per heavy atom. The zero-order chi connectivity index (χ0) is 44.5. The van der Waals surface area contributed by atoms with Gasteiger partial charge in [-0.1, -0.05) is 35.8 Å². The van der Waals surface area contributed by atoms with Crippen LogP contribution < -0.4 is 16.0 Å². The molecular weight excluding hydrogens is 809 g/mol. The van der Waals surface area contributed by atoms with E-state index in [0.717, 1.165) is 11.1 Å². The summed E-state index contributed by atoms with van der Waals surface area (Å²) in [5.74, 6) is 9.36. The van der Waals surface area contributed by atoms with Crippen molar-refractivity contribution in [2.24, 2.45) is 0 Å². The first kappa shape index (κ1) is 45.1. The molecule has 4 heterocycles. The minimum absolute atomic E-state index is 0.177. The summed E-state index contributed by atoms with van der Waals surface area (Å²) < 4.78 is 78.6. The molecule has 61 heavy (non-hydrogen) atoms. The number of imidazole rings is 2. The van der Waals surface area contributed by atoms with Crippen LogP contribution in [-0.2, 0) is 0 Å². The van der Waals surface area contributed by atoms with E-state index in [4.69, 9.17) is 10.2 Å². The molecule has 0 fully saturated rings. The summed E-state index contributed by atoms with van der Waals surface area (Å²) in [6.07, 6.45) is -4.02. The number of nitrogens with one attached hydrogen (secondary N) is 3. The maximum absolute atomic E-state index is 12.6. The summed E-state index contributed by atoms with van der Waals surface area (Å²) in [5, 5.41) is 35.3. The van der Waals surface area contributed by atoms with E-state index in [2.05, 4.69) is 49.6 Å². The van der Waals surface area contributed by atoms with Crippen LogP contribution in [0.3, 0.4) is 0 Å². The average Bonchev–Trinajstić information content (AvgIpc) is 3.83. The average molecular weight is 848 g/mol. The first-order valence-electron chi connectivity index (χ1n) is 18.4. The van der Waals surface area contributed by atoms with Crippen LogP contribution in [0.25, 0.3) is 33.8 Å². The second-order valence-corrected chi connectivity index (χ2v) is 13.4. The molecule has 6 N–H and O–H groups in total. The fourth-order valence-electron chi connectivity index (χ4n) is 6.23. The number of amides is 1. The van der Waals surface area contributed by atoms with Crippen LogP contribution in [0.5, 0.6) is 0 Å². The highest BCUT2D eigenvalue weighted by Crippen LogP contribution is 2.30. The molecule has 0 saturated carbocycles. The summed E-state index contributed by atoms with van der Waals surface area (Å²) in [6.45, 7) is 2.16. The number of aliphatic hydroxyl groups is 2. The van der Waals surface area contributed by atoms with Gasteiger partial charge < -0.3 is 31.3 Å². The van der Waals surface area contributed by atoms with E-state index in [-0.39, 0.29) is 37.8 Å². The highest BCUT2D eigenvalue weighted by molar-refractivity contribution is 5.96. The Hall–Kier alpha value is -7.02. The normalized spacial score (nSPS) is 11.2. The van der Waals surface area contributed by atoms with Crippen molar-refractivity contribution >= 4 is 34.5 Å². The summed E-state index contributed by atoms with van der Waals surface area (Å²) >= 11 is 0. The van der Waals surface area contributed by atoms with Gasteiger partial charge >= 0.3 is 18.3 Å². The molecule has 0 unspecified atom stereocenters. The highest BCUT2D eigenvalue weighted by Gasteiger charge is 2.27. The van der Waals surface area contributed by atoms with Crippen LogP contribution in [0.2, 0.25) is 0 Å². The minimum atomic E-state index is -4.29. The number of pyridine rings is 2. The standard InChI is InChI=1S/C22H21F3N4O2.C21H18F3N3O3/c1-14-10-16(5-6-17(14)21(31)26-2)19-12-28-20-18(27-8-7-22(23,24)25)11-15(4-3-9-30)13-29(19)20;1-13-9-15(4-5-16(13)20(29)30)18-11-26-19-17(25-7-6-21(22,23)24)10-14(3-2-8-28)12-27(18)19/h5-6,10-13,27,30H,7-9H2,1-2H3,(H,26,31);4-5,9-12,25,28H,6-8H2,1H3,(H,29,30). The van der Waals surface area contributed by atoms with Crippen LogP contribution in [0.15, 0.2) is 73.3 Å². The second kappa shape index (κ2) is 19.4. The number of hydrogen-bond acceptors (Lipinski definition) is 8. The van der Waals surface area contributed by atoms with Gasteiger partial charge in [0, 0.05) is 60.3 Å². The Balaban J connectivity index is 0.000000231. The SMILES string of the molecule is CNC(=O)c1ccc(-c2cnc3c(NCCC(F)(F)F)cc(C#CCO)cn23)cc1C.Cc1cc(-c2cnc3c(NCCC(F)(F)F)cc(C#CCO)cn23)ccc1C(=O)O. The molecular formula is C43H39F6N7O5.